The number of aliphatic hydroxyl groups excluding tert-OH is 1. The number of carbonyl (C=O) groups is 2. The summed E-state index contributed by atoms with van der Waals surface area (Å²) in [5.74, 6) is 0.0589. The lowest BCUT2D eigenvalue weighted by Gasteiger charge is -2.27. The molecule has 0 aliphatic heterocycles. The van der Waals surface area contributed by atoms with Crippen molar-refractivity contribution in [3.63, 3.8) is 0 Å². The maximum atomic E-state index is 13.3. The van der Waals surface area contributed by atoms with Crippen molar-refractivity contribution in [2.45, 2.75) is 81.6 Å². The summed E-state index contributed by atoms with van der Waals surface area (Å²) in [4.78, 5) is 34.8. The second-order valence-electron chi connectivity index (χ2n) is 11.4. The van der Waals surface area contributed by atoms with Gasteiger partial charge in [-0.1, -0.05) is 30.3 Å². The molecule has 0 unspecified atom stereocenters. The fourth-order valence-electron chi connectivity index (χ4n) is 4.71. The Bertz CT molecular complexity index is 1510. The minimum atomic E-state index is -4.12. The number of hydrogen-bond acceptors (Lipinski definition) is 9. The van der Waals surface area contributed by atoms with Gasteiger partial charge in [0.15, 0.2) is 0 Å². The first-order chi connectivity index (χ1) is 20.3. The van der Waals surface area contributed by atoms with Crippen molar-refractivity contribution < 1.29 is 37.4 Å². The first-order valence-electron chi connectivity index (χ1n) is 14.1. The third-order valence-electron chi connectivity index (χ3n) is 6.80. The summed E-state index contributed by atoms with van der Waals surface area (Å²) in [5.41, 5.74) is 0.805. The van der Waals surface area contributed by atoms with Crippen LogP contribution in [-0.4, -0.2) is 72.9 Å². The van der Waals surface area contributed by atoms with Crippen molar-refractivity contribution in [2.24, 2.45) is 0 Å². The lowest BCUT2D eigenvalue weighted by molar-refractivity contribution is 0.0427. The van der Waals surface area contributed by atoms with E-state index < -0.39 is 40.0 Å². The fraction of sp³-hybridized carbons (Fsp3) is 0.483. The van der Waals surface area contributed by atoms with Crippen LogP contribution >= 0.6 is 0 Å². The van der Waals surface area contributed by atoms with Gasteiger partial charge in [0.2, 0.25) is 16.0 Å². The van der Waals surface area contributed by atoms with E-state index in [0.29, 0.717) is 5.52 Å². The van der Waals surface area contributed by atoms with Gasteiger partial charge in [0, 0.05) is 6.54 Å². The van der Waals surface area contributed by atoms with Crippen molar-refractivity contribution >= 4 is 39.2 Å². The second kappa shape index (κ2) is 13.6. The number of amides is 2. The Morgan fingerprint density at radius 2 is 1.79 bits per heavy atom. The standard InChI is InChI=1S/C29H39N5O8S/c1-29(2,3)41-28(37)32-23(16-19-10-6-5-7-11-19)25(35)18-30-43(38,39)21-14-15-24-22(17-21)31-26(33-27(36)40-4)34(24)42-20-12-8-9-13-20/h5-7,10-11,14-15,17,20,23,25,30,35H,8-9,12-13,16,18H2,1-4H3,(H,32,37)(H,31,33,36)/t23-,25+/m0/s1. The number of rotatable bonds is 11. The third kappa shape index (κ3) is 8.81. The van der Waals surface area contributed by atoms with E-state index in [1.54, 1.807) is 20.8 Å². The Hall–Kier alpha value is -3.88. The minimum Gasteiger partial charge on any atom is -0.453 e. The van der Waals surface area contributed by atoms with Gasteiger partial charge >= 0.3 is 12.2 Å². The highest BCUT2D eigenvalue weighted by atomic mass is 32.2. The summed E-state index contributed by atoms with van der Waals surface area (Å²) >= 11 is 0. The molecule has 0 radical (unpaired) electrons. The van der Waals surface area contributed by atoms with Crippen LogP contribution < -0.4 is 20.2 Å². The van der Waals surface area contributed by atoms with Gasteiger partial charge in [-0.2, -0.15) is 0 Å². The number of carbonyl (C=O) groups excluding carboxylic acids is 2. The molecular formula is C29H39N5O8S. The zero-order chi connectivity index (χ0) is 31.2. The molecule has 14 heteroatoms. The monoisotopic (exact) mass is 617 g/mol. The molecule has 1 aliphatic rings. The van der Waals surface area contributed by atoms with Crippen molar-refractivity contribution in [2.75, 3.05) is 19.0 Å². The van der Waals surface area contributed by atoms with Crippen LogP contribution in [-0.2, 0) is 25.9 Å². The summed E-state index contributed by atoms with van der Waals surface area (Å²) in [7, 11) is -2.90. The number of ether oxygens (including phenoxy) is 2. The predicted octanol–water partition coefficient (Wildman–Crippen LogP) is 3.36. The molecule has 4 rings (SSSR count). The van der Waals surface area contributed by atoms with Gasteiger partial charge in [-0.3, -0.25) is 5.32 Å². The number of sulfonamides is 1. The summed E-state index contributed by atoms with van der Waals surface area (Å²) in [6.45, 7) is 4.78. The van der Waals surface area contributed by atoms with E-state index >= 15 is 0 Å². The van der Waals surface area contributed by atoms with Crippen molar-refractivity contribution in [3.05, 3.63) is 54.1 Å². The summed E-state index contributed by atoms with van der Waals surface area (Å²) in [5, 5.41) is 16.2. The average Bonchev–Trinajstić information content (AvgIpc) is 3.58. The number of aromatic nitrogens is 2. The number of anilines is 1. The number of aliphatic hydroxyl groups is 1. The Balaban J connectivity index is 1.52. The van der Waals surface area contributed by atoms with E-state index in [1.165, 1.54) is 30.0 Å². The van der Waals surface area contributed by atoms with E-state index in [0.717, 1.165) is 31.2 Å². The van der Waals surface area contributed by atoms with Crippen LogP contribution in [0.3, 0.4) is 0 Å². The quantitative estimate of drug-likeness (QED) is 0.252. The largest absolute Gasteiger partial charge is 0.453 e. The van der Waals surface area contributed by atoms with Gasteiger partial charge in [0.25, 0.3) is 0 Å². The van der Waals surface area contributed by atoms with Crippen LogP contribution in [0.15, 0.2) is 53.4 Å². The van der Waals surface area contributed by atoms with Crippen LogP contribution in [0.25, 0.3) is 11.0 Å². The topological polar surface area (TPSA) is 170 Å². The lowest BCUT2D eigenvalue weighted by atomic mass is 10.0. The molecule has 1 heterocycles. The molecule has 2 aromatic carbocycles. The van der Waals surface area contributed by atoms with E-state index in [1.807, 2.05) is 30.3 Å². The minimum absolute atomic E-state index is 0.0589. The zero-order valence-corrected chi connectivity index (χ0v) is 25.5. The molecule has 1 aromatic heterocycles. The molecule has 2 atom stereocenters. The number of methoxy groups -OCH3 is 1. The Kier molecular flexibility index (Phi) is 10.1. The van der Waals surface area contributed by atoms with Gasteiger partial charge < -0.3 is 24.7 Å². The number of alkyl carbamates (subject to hydrolysis) is 1. The Labute approximate surface area is 250 Å². The van der Waals surface area contributed by atoms with Crippen molar-refractivity contribution in [3.8, 4) is 0 Å². The zero-order valence-electron chi connectivity index (χ0n) is 24.7. The van der Waals surface area contributed by atoms with E-state index in [-0.39, 0.29) is 35.4 Å². The molecule has 3 aromatic rings. The van der Waals surface area contributed by atoms with Crippen molar-refractivity contribution in [1.82, 2.24) is 19.8 Å². The molecule has 0 spiro atoms. The van der Waals surface area contributed by atoms with Crippen LogP contribution in [0.1, 0.15) is 52.0 Å². The third-order valence-corrected chi connectivity index (χ3v) is 8.22. The normalized spacial score (nSPS) is 15.6. The summed E-state index contributed by atoms with van der Waals surface area (Å²) in [6, 6.07) is 12.6. The molecule has 1 fully saturated rings. The van der Waals surface area contributed by atoms with Crippen LogP contribution in [0, 0.1) is 0 Å². The first-order valence-corrected chi connectivity index (χ1v) is 15.6. The molecule has 13 nitrogen and oxygen atoms in total. The van der Waals surface area contributed by atoms with Gasteiger partial charge in [0.05, 0.1) is 29.7 Å². The molecule has 1 aliphatic carbocycles. The van der Waals surface area contributed by atoms with E-state index in [2.05, 4.69) is 25.1 Å². The molecule has 4 N–H and O–H groups in total. The fourth-order valence-corrected chi connectivity index (χ4v) is 5.78. The highest BCUT2D eigenvalue weighted by Gasteiger charge is 2.28. The van der Waals surface area contributed by atoms with Gasteiger partial charge in [-0.15, -0.1) is 4.73 Å². The first kappa shape index (κ1) is 32.0. The van der Waals surface area contributed by atoms with Crippen LogP contribution in [0.5, 0.6) is 0 Å². The van der Waals surface area contributed by atoms with Gasteiger partial charge in [-0.05, 0) is 76.6 Å². The molecular weight excluding hydrogens is 578 g/mol. The van der Waals surface area contributed by atoms with Crippen LogP contribution in [0.4, 0.5) is 15.5 Å². The highest BCUT2D eigenvalue weighted by molar-refractivity contribution is 7.89. The van der Waals surface area contributed by atoms with E-state index in [4.69, 9.17) is 9.57 Å². The molecule has 234 valence electrons. The molecule has 1 saturated carbocycles. The highest BCUT2D eigenvalue weighted by Crippen LogP contribution is 2.26. The van der Waals surface area contributed by atoms with Gasteiger partial charge in [0.1, 0.15) is 17.2 Å². The summed E-state index contributed by atoms with van der Waals surface area (Å²) < 4.78 is 40.4. The number of hydrogen-bond donors (Lipinski definition) is 4. The molecule has 2 amide bonds. The Morgan fingerprint density at radius 3 is 2.44 bits per heavy atom. The second-order valence-corrected chi connectivity index (χ2v) is 13.1. The smallest absolute Gasteiger partial charge is 0.413 e. The molecule has 43 heavy (non-hydrogen) atoms. The average molecular weight is 618 g/mol. The summed E-state index contributed by atoms with van der Waals surface area (Å²) in [6.07, 6.45) is 1.15. The molecule has 0 bridgehead atoms. The van der Waals surface area contributed by atoms with E-state index in [9.17, 15) is 23.1 Å². The van der Waals surface area contributed by atoms with Gasteiger partial charge in [-0.25, -0.2) is 27.7 Å². The lowest BCUT2D eigenvalue weighted by Crippen LogP contribution is -2.50. The van der Waals surface area contributed by atoms with Crippen molar-refractivity contribution in [1.29, 1.82) is 0 Å². The number of imidazole rings is 1. The maximum absolute atomic E-state index is 13.3. The number of benzene rings is 2. The number of nitrogens with zero attached hydrogens (tertiary/aromatic N) is 2. The maximum Gasteiger partial charge on any atom is 0.413 e. The Morgan fingerprint density at radius 1 is 1.09 bits per heavy atom. The molecule has 0 saturated heterocycles. The number of nitrogens with one attached hydrogen (secondary N) is 3. The SMILES string of the molecule is COC(=O)Nc1nc2cc(S(=O)(=O)NC[C@@H](O)[C@H](Cc3ccccc3)NC(=O)OC(C)(C)C)ccc2n1OC1CCCC1. The predicted molar refractivity (Wildman–Crippen MR) is 159 cm³/mol. The van der Waals surface area contributed by atoms with Crippen LogP contribution in [0.2, 0.25) is 0 Å². The number of fused-ring (bicyclic) bond motifs is 1.